The number of carbonyl (C=O) groups excluding carboxylic acids is 1. The number of carbonyl (C=O) groups is 1. The second kappa shape index (κ2) is 12.0. The van der Waals surface area contributed by atoms with Crippen LogP contribution in [-0.2, 0) is 4.79 Å². The maximum absolute atomic E-state index is 9.77. The zero-order chi connectivity index (χ0) is 6.24. The topological polar surface area (TPSA) is 17.1 Å². The van der Waals surface area contributed by atoms with Crippen molar-refractivity contribution < 1.29 is 57.6 Å². The third kappa shape index (κ3) is 12.5. The first-order valence-corrected chi connectivity index (χ1v) is 3.35. The molecule has 0 aromatic heterocycles. The van der Waals surface area contributed by atoms with Gasteiger partial charge in [0.15, 0.2) is 0 Å². The van der Waals surface area contributed by atoms with Crippen LogP contribution in [0, 0.1) is 0 Å². The van der Waals surface area contributed by atoms with E-state index in [1.807, 2.05) is 0 Å². The molecule has 0 aliphatic carbocycles. The molecule has 1 nitrogen and oxygen atoms in total. The zero-order valence-electron chi connectivity index (χ0n) is 7.52. The number of aldehydes is 1. The predicted octanol–water partition coefficient (Wildman–Crippen LogP) is -0.728. The monoisotopic (exact) mass is 154 g/mol. The second-order valence-electron chi connectivity index (χ2n) is 2.02. The number of hydrogen-bond acceptors (Lipinski definition) is 1. The van der Waals surface area contributed by atoms with E-state index in [0.29, 0.717) is 0 Å². The van der Waals surface area contributed by atoms with E-state index in [1.165, 1.54) is 19.3 Å². The van der Waals surface area contributed by atoms with Crippen molar-refractivity contribution in [1.29, 1.82) is 0 Å². The van der Waals surface area contributed by atoms with Gasteiger partial charge in [-0.25, -0.2) is 0 Å². The minimum Gasteiger partial charge on any atom is -1.00 e. The summed E-state index contributed by atoms with van der Waals surface area (Å²) < 4.78 is 0. The summed E-state index contributed by atoms with van der Waals surface area (Å²) in [6.07, 6.45) is 6.56. The van der Waals surface area contributed by atoms with Crippen LogP contribution in [0.1, 0.15) is 40.5 Å². The maximum Gasteiger partial charge on any atom is 1.00 e. The molecular formula is C7H15KO. The van der Waals surface area contributed by atoms with Gasteiger partial charge in [0, 0.05) is 6.42 Å². The Morgan fingerprint density at radius 1 is 1.33 bits per heavy atom. The van der Waals surface area contributed by atoms with Gasteiger partial charge in [0.05, 0.1) is 0 Å². The molecule has 0 unspecified atom stereocenters. The fourth-order valence-corrected chi connectivity index (χ4v) is 0.654. The number of unbranched alkanes of at least 4 members (excludes halogenated alkanes) is 4. The Morgan fingerprint density at radius 3 is 2.44 bits per heavy atom. The van der Waals surface area contributed by atoms with Crippen LogP contribution in [-0.4, -0.2) is 6.29 Å². The van der Waals surface area contributed by atoms with Crippen LogP contribution in [0.15, 0.2) is 0 Å². The molecule has 0 aromatic carbocycles. The third-order valence-corrected chi connectivity index (χ3v) is 1.18. The zero-order valence-corrected chi connectivity index (χ0v) is 9.64. The molecule has 0 aliphatic heterocycles. The molecule has 0 bridgehead atoms. The van der Waals surface area contributed by atoms with E-state index in [-0.39, 0.29) is 52.8 Å². The summed E-state index contributed by atoms with van der Waals surface area (Å²) in [5, 5.41) is 0. The van der Waals surface area contributed by atoms with Crippen LogP contribution in [0.5, 0.6) is 0 Å². The first-order valence-electron chi connectivity index (χ1n) is 3.35. The van der Waals surface area contributed by atoms with E-state index in [2.05, 4.69) is 6.92 Å². The Balaban J connectivity index is -0.000000245. The van der Waals surface area contributed by atoms with Crippen LogP contribution < -0.4 is 51.4 Å². The Labute approximate surface area is 101 Å². The molecule has 50 valence electrons. The van der Waals surface area contributed by atoms with Gasteiger partial charge >= 0.3 is 51.4 Å². The molecule has 0 spiro atoms. The molecule has 0 amide bonds. The summed E-state index contributed by atoms with van der Waals surface area (Å²) in [5.74, 6) is 0. The fourth-order valence-electron chi connectivity index (χ4n) is 0.654. The average molecular weight is 154 g/mol. The maximum atomic E-state index is 9.77. The minimum absolute atomic E-state index is 0. The summed E-state index contributed by atoms with van der Waals surface area (Å²) in [6, 6.07) is 0. The van der Waals surface area contributed by atoms with Gasteiger partial charge < -0.3 is 6.22 Å². The molecule has 0 N–H and O–H groups in total. The smallest absolute Gasteiger partial charge is 1.00 e. The molecule has 0 rings (SSSR count). The molecule has 0 radical (unpaired) electrons. The molecule has 0 saturated carbocycles. The Morgan fingerprint density at radius 2 is 2.00 bits per heavy atom. The number of hydrogen-bond donors (Lipinski definition) is 0. The van der Waals surface area contributed by atoms with Crippen molar-refractivity contribution in [3.05, 3.63) is 0 Å². The van der Waals surface area contributed by atoms with E-state index >= 15 is 0 Å². The largest absolute Gasteiger partial charge is 1.00 e. The molecule has 0 heterocycles. The normalized spacial score (nSPS) is 8.11. The Hall–Kier alpha value is 1.31. The van der Waals surface area contributed by atoms with Crippen molar-refractivity contribution in [3.63, 3.8) is 0 Å². The average Bonchev–Trinajstić information content (AvgIpc) is 1.81. The molecule has 0 aromatic rings. The summed E-state index contributed by atoms with van der Waals surface area (Å²) in [5.41, 5.74) is 0. The molecule has 0 aliphatic rings. The SMILES string of the molecule is CCCCCCC=O.[H-].[K+]. The van der Waals surface area contributed by atoms with E-state index in [0.717, 1.165) is 19.1 Å². The third-order valence-electron chi connectivity index (χ3n) is 1.18. The van der Waals surface area contributed by atoms with Gasteiger partial charge in [-0.05, 0) is 6.42 Å². The van der Waals surface area contributed by atoms with Gasteiger partial charge in [-0.1, -0.05) is 26.2 Å². The van der Waals surface area contributed by atoms with Crippen molar-refractivity contribution in [2.45, 2.75) is 39.0 Å². The Kier molecular flexibility index (Phi) is 17.3. The molecule has 0 saturated heterocycles. The predicted molar refractivity (Wildman–Crippen MR) is 35.9 cm³/mol. The molecule has 9 heavy (non-hydrogen) atoms. The first-order chi connectivity index (χ1) is 3.91. The molecule has 0 fully saturated rings. The fraction of sp³-hybridized carbons (Fsp3) is 0.857. The molecule has 2 heteroatoms. The van der Waals surface area contributed by atoms with E-state index in [1.54, 1.807) is 0 Å². The minimum atomic E-state index is 0. The van der Waals surface area contributed by atoms with Crippen LogP contribution in [0.25, 0.3) is 0 Å². The van der Waals surface area contributed by atoms with Gasteiger partial charge in [0.1, 0.15) is 6.29 Å². The van der Waals surface area contributed by atoms with Gasteiger partial charge in [-0.3, -0.25) is 0 Å². The van der Waals surface area contributed by atoms with Gasteiger partial charge in [0.2, 0.25) is 0 Å². The van der Waals surface area contributed by atoms with Crippen LogP contribution >= 0.6 is 0 Å². The van der Waals surface area contributed by atoms with Gasteiger partial charge in [0.25, 0.3) is 0 Å². The van der Waals surface area contributed by atoms with E-state index < -0.39 is 0 Å². The van der Waals surface area contributed by atoms with Crippen LogP contribution in [0.3, 0.4) is 0 Å². The number of rotatable bonds is 5. The van der Waals surface area contributed by atoms with Crippen molar-refractivity contribution in [1.82, 2.24) is 0 Å². The van der Waals surface area contributed by atoms with Crippen molar-refractivity contribution in [2.75, 3.05) is 0 Å². The summed E-state index contributed by atoms with van der Waals surface area (Å²) in [4.78, 5) is 9.77. The van der Waals surface area contributed by atoms with Crippen LogP contribution in [0.2, 0.25) is 0 Å². The molecule has 0 atom stereocenters. The standard InChI is InChI=1S/C7H14O.K.H/c1-2-3-4-5-6-7-8;;/h7H,2-6H2,1H3;;/q;+1;-1. The van der Waals surface area contributed by atoms with Crippen molar-refractivity contribution in [2.24, 2.45) is 0 Å². The summed E-state index contributed by atoms with van der Waals surface area (Å²) in [6.45, 7) is 2.17. The van der Waals surface area contributed by atoms with E-state index in [4.69, 9.17) is 0 Å². The van der Waals surface area contributed by atoms with Gasteiger partial charge in [-0.15, -0.1) is 0 Å². The van der Waals surface area contributed by atoms with Crippen molar-refractivity contribution in [3.8, 4) is 0 Å². The quantitative estimate of drug-likeness (QED) is 0.290. The first kappa shape index (κ1) is 12.9. The Bertz CT molecular complexity index is 59.6. The van der Waals surface area contributed by atoms with Crippen LogP contribution in [0.4, 0.5) is 0 Å². The summed E-state index contributed by atoms with van der Waals surface area (Å²) in [7, 11) is 0. The van der Waals surface area contributed by atoms with E-state index in [9.17, 15) is 4.79 Å². The van der Waals surface area contributed by atoms with Crippen molar-refractivity contribution >= 4 is 6.29 Å². The molecular weight excluding hydrogens is 139 g/mol. The van der Waals surface area contributed by atoms with Gasteiger partial charge in [-0.2, -0.15) is 0 Å². The second-order valence-corrected chi connectivity index (χ2v) is 2.02. The summed E-state index contributed by atoms with van der Waals surface area (Å²) >= 11 is 0.